The molecule has 2 heterocycles. The van der Waals surface area contributed by atoms with E-state index < -0.39 is 17.5 Å². The molecule has 0 saturated carbocycles. The number of hydrogen-bond acceptors (Lipinski definition) is 3. The van der Waals surface area contributed by atoms with Gasteiger partial charge in [-0.25, -0.2) is 4.79 Å². The second-order valence-corrected chi connectivity index (χ2v) is 7.26. The second-order valence-electron chi connectivity index (χ2n) is 7.26. The van der Waals surface area contributed by atoms with Crippen LogP contribution in [0, 0.1) is 0 Å². The van der Waals surface area contributed by atoms with E-state index in [9.17, 15) is 14.4 Å². The minimum atomic E-state index is -1.16. The molecule has 138 valence electrons. The number of imide groups is 1. The van der Waals surface area contributed by atoms with Crippen molar-refractivity contribution in [2.45, 2.75) is 31.8 Å². The molecule has 2 atom stereocenters. The van der Waals surface area contributed by atoms with E-state index in [1.165, 1.54) is 0 Å². The van der Waals surface area contributed by atoms with E-state index in [2.05, 4.69) is 5.32 Å². The first kappa shape index (κ1) is 17.3. The third-order valence-electron chi connectivity index (χ3n) is 5.40. The van der Waals surface area contributed by atoms with Gasteiger partial charge in [-0.2, -0.15) is 0 Å². The number of rotatable bonds is 3. The molecule has 4 amide bonds. The van der Waals surface area contributed by atoms with Crippen molar-refractivity contribution in [1.29, 1.82) is 0 Å². The molecule has 27 heavy (non-hydrogen) atoms. The molecule has 6 heteroatoms. The van der Waals surface area contributed by atoms with Crippen molar-refractivity contribution in [3.05, 3.63) is 65.7 Å². The zero-order valence-electron chi connectivity index (χ0n) is 15.3. The number of hydrogen-bond donors (Lipinski definition) is 1. The number of nitrogens with one attached hydrogen (secondary N) is 1. The van der Waals surface area contributed by atoms with Gasteiger partial charge in [0.15, 0.2) is 0 Å². The number of amides is 4. The summed E-state index contributed by atoms with van der Waals surface area (Å²) in [5.74, 6) is -0.666. The highest BCUT2D eigenvalue weighted by Crippen LogP contribution is 2.33. The molecule has 2 unspecified atom stereocenters. The first-order chi connectivity index (χ1) is 12.9. The molecule has 0 spiro atoms. The van der Waals surface area contributed by atoms with Gasteiger partial charge in [0.25, 0.3) is 5.91 Å². The number of benzene rings is 2. The summed E-state index contributed by atoms with van der Waals surface area (Å²) in [6, 6.07) is 16.3. The van der Waals surface area contributed by atoms with E-state index in [0.29, 0.717) is 5.56 Å². The molecule has 1 fully saturated rings. The summed E-state index contributed by atoms with van der Waals surface area (Å²) < 4.78 is 0. The largest absolute Gasteiger partial charge is 0.325 e. The Labute approximate surface area is 157 Å². The van der Waals surface area contributed by atoms with Crippen molar-refractivity contribution < 1.29 is 14.4 Å². The van der Waals surface area contributed by atoms with Gasteiger partial charge in [0.2, 0.25) is 5.91 Å². The molecule has 4 rings (SSSR count). The number of urea groups is 1. The summed E-state index contributed by atoms with van der Waals surface area (Å²) in [7, 11) is 0. The third kappa shape index (κ3) is 2.68. The molecular formula is C21H21N3O3. The van der Waals surface area contributed by atoms with Crippen molar-refractivity contribution in [2.24, 2.45) is 0 Å². The Balaban J connectivity index is 1.57. The van der Waals surface area contributed by atoms with Crippen molar-refractivity contribution in [3.8, 4) is 0 Å². The maximum Gasteiger partial charge on any atom is 0.325 e. The molecule has 2 aromatic carbocycles. The van der Waals surface area contributed by atoms with Gasteiger partial charge in [0.05, 0.1) is 0 Å². The van der Waals surface area contributed by atoms with Crippen LogP contribution >= 0.6 is 0 Å². The Morgan fingerprint density at radius 3 is 2.52 bits per heavy atom. The molecular weight excluding hydrogens is 342 g/mol. The molecule has 2 aromatic rings. The minimum absolute atomic E-state index is 0.00354. The fourth-order valence-electron chi connectivity index (χ4n) is 3.96. The van der Waals surface area contributed by atoms with E-state index >= 15 is 0 Å². The molecule has 1 N–H and O–H groups in total. The lowest BCUT2D eigenvalue weighted by molar-refractivity contribution is -0.134. The number of carbonyl (C=O) groups excluding carboxylic acids is 3. The van der Waals surface area contributed by atoms with Crippen LogP contribution in [-0.4, -0.2) is 35.3 Å². The highest BCUT2D eigenvalue weighted by atomic mass is 16.2. The summed E-state index contributed by atoms with van der Waals surface area (Å²) in [6.07, 6.45) is 0.768. The van der Waals surface area contributed by atoms with Crippen LogP contribution in [0.25, 0.3) is 0 Å². The average molecular weight is 363 g/mol. The van der Waals surface area contributed by atoms with E-state index in [0.717, 1.165) is 22.6 Å². The standard InChI is InChI=1S/C21H21N3O3/c1-14-12-15-8-6-7-11-17(15)24(14)18(25)13-23-19(26)21(2,22-20(23)27)16-9-4-3-5-10-16/h3-11,14H,12-13H2,1-2H3,(H,22,27). The van der Waals surface area contributed by atoms with Crippen LogP contribution in [-0.2, 0) is 21.5 Å². The molecule has 1 saturated heterocycles. The summed E-state index contributed by atoms with van der Waals surface area (Å²) in [5, 5.41) is 2.74. The molecule has 0 bridgehead atoms. The number of carbonyl (C=O) groups is 3. The SMILES string of the molecule is CC1Cc2ccccc2N1C(=O)CN1C(=O)NC(C)(c2ccccc2)C1=O. The Kier molecular flexibility index (Phi) is 3.98. The van der Waals surface area contributed by atoms with E-state index in [4.69, 9.17) is 0 Å². The van der Waals surface area contributed by atoms with E-state index in [1.54, 1.807) is 24.0 Å². The molecule has 0 aliphatic carbocycles. The van der Waals surface area contributed by atoms with Gasteiger partial charge in [-0.1, -0.05) is 48.5 Å². The summed E-state index contributed by atoms with van der Waals surface area (Å²) in [4.78, 5) is 41.1. The normalized spacial score (nSPS) is 24.1. The van der Waals surface area contributed by atoms with Crippen molar-refractivity contribution in [3.63, 3.8) is 0 Å². The van der Waals surface area contributed by atoms with Gasteiger partial charge < -0.3 is 10.2 Å². The van der Waals surface area contributed by atoms with E-state index in [-0.39, 0.29) is 18.5 Å². The molecule has 2 aliphatic rings. The highest BCUT2D eigenvalue weighted by Gasteiger charge is 2.50. The van der Waals surface area contributed by atoms with Crippen molar-refractivity contribution in [2.75, 3.05) is 11.4 Å². The predicted octanol–water partition coefficient (Wildman–Crippen LogP) is 2.43. The van der Waals surface area contributed by atoms with Crippen LogP contribution in [0.2, 0.25) is 0 Å². The lowest BCUT2D eigenvalue weighted by atomic mass is 9.92. The lowest BCUT2D eigenvalue weighted by Crippen LogP contribution is -2.46. The number of fused-ring (bicyclic) bond motifs is 1. The number of para-hydroxylation sites is 1. The quantitative estimate of drug-likeness (QED) is 0.852. The summed E-state index contributed by atoms with van der Waals surface area (Å²) in [6.45, 7) is 3.37. The van der Waals surface area contributed by atoms with Crippen molar-refractivity contribution >= 4 is 23.5 Å². The number of nitrogens with zero attached hydrogens (tertiary/aromatic N) is 2. The molecule has 2 aliphatic heterocycles. The first-order valence-corrected chi connectivity index (χ1v) is 9.01. The van der Waals surface area contributed by atoms with Gasteiger partial charge in [-0.15, -0.1) is 0 Å². The Morgan fingerprint density at radius 2 is 1.78 bits per heavy atom. The van der Waals surface area contributed by atoms with Crippen molar-refractivity contribution in [1.82, 2.24) is 10.2 Å². The van der Waals surface area contributed by atoms with Gasteiger partial charge in [-0.05, 0) is 37.5 Å². The van der Waals surface area contributed by atoms with Crippen LogP contribution in [0.4, 0.5) is 10.5 Å². The topological polar surface area (TPSA) is 69.7 Å². The highest BCUT2D eigenvalue weighted by molar-refractivity contribution is 6.10. The average Bonchev–Trinajstić information content (AvgIpc) is 3.11. The Morgan fingerprint density at radius 1 is 1.11 bits per heavy atom. The zero-order chi connectivity index (χ0) is 19.2. The fraction of sp³-hybridized carbons (Fsp3) is 0.286. The Hall–Kier alpha value is -3.15. The molecule has 6 nitrogen and oxygen atoms in total. The maximum atomic E-state index is 13.0. The molecule has 0 aromatic heterocycles. The Bertz CT molecular complexity index is 927. The first-order valence-electron chi connectivity index (χ1n) is 9.01. The third-order valence-corrected chi connectivity index (χ3v) is 5.40. The minimum Gasteiger partial charge on any atom is -0.319 e. The summed E-state index contributed by atoms with van der Waals surface area (Å²) >= 11 is 0. The van der Waals surface area contributed by atoms with Crippen LogP contribution in [0.3, 0.4) is 0 Å². The van der Waals surface area contributed by atoms with Gasteiger partial charge in [0.1, 0.15) is 12.1 Å². The summed E-state index contributed by atoms with van der Waals surface area (Å²) in [5.41, 5.74) is 1.49. The zero-order valence-corrected chi connectivity index (χ0v) is 15.3. The lowest BCUT2D eigenvalue weighted by Gasteiger charge is -2.25. The smallest absolute Gasteiger partial charge is 0.319 e. The van der Waals surface area contributed by atoms with Crippen LogP contribution in [0.15, 0.2) is 54.6 Å². The van der Waals surface area contributed by atoms with Gasteiger partial charge in [-0.3, -0.25) is 14.5 Å². The van der Waals surface area contributed by atoms with Crippen LogP contribution in [0.5, 0.6) is 0 Å². The second kappa shape index (κ2) is 6.23. The van der Waals surface area contributed by atoms with Crippen LogP contribution < -0.4 is 10.2 Å². The van der Waals surface area contributed by atoms with Gasteiger partial charge in [0, 0.05) is 11.7 Å². The predicted molar refractivity (Wildman–Crippen MR) is 101 cm³/mol. The molecule has 0 radical (unpaired) electrons. The van der Waals surface area contributed by atoms with Crippen LogP contribution in [0.1, 0.15) is 25.0 Å². The number of anilines is 1. The maximum absolute atomic E-state index is 13.0. The van der Waals surface area contributed by atoms with E-state index in [1.807, 2.05) is 49.4 Å². The van der Waals surface area contributed by atoms with Gasteiger partial charge >= 0.3 is 6.03 Å². The fourth-order valence-corrected chi connectivity index (χ4v) is 3.96. The monoisotopic (exact) mass is 363 g/mol.